The summed E-state index contributed by atoms with van der Waals surface area (Å²) in [5, 5.41) is 0.802. The van der Waals surface area contributed by atoms with Gasteiger partial charge in [-0.15, -0.1) is 11.3 Å². The Bertz CT molecular complexity index is 607. The van der Waals surface area contributed by atoms with Gasteiger partial charge in [0.25, 0.3) is 0 Å². The van der Waals surface area contributed by atoms with Crippen LogP contribution in [0.15, 0.2) is 22.7 Å². The van der Waals surface area contributed by atoms with Gasteiger partial charge in [-0.1, -0.05) is 15.9 Å². The molecule has 0 unspecified atom stereocenters. The average Bonchev–Trinajstić information content (AvgIpc) is 2.71. The summed E-state index contributed by atoms with van der Waals surface area (Å²) in [5.74, 6) is 0.798. The van der Waals surface area contributed by atoms with E-state index in [1.807, 2.05) is 25.1 Å². The van der Waals surface area contributed by atoms with Crippen LogP contribution in [0.2, 0.25) is 0 Å². The number of methoxy groups -OCH3 is 1. The molecule has 94 valence electrons. The van der Waals surface area contributed by atoms with Crippen LogP contribution in [0, 0.1) is 6.92 Å². The van der Waals surface area contributed by atoms with Gasteiger partial charge in [0.2, 0.25) is 0 Å². The van der Waals surface area contributed by atoms with E-state index in [-0.39, 0.29) is 5.78 Å². The van der Waals surface area contributed by atoms with Crippen molar-refractivity contribution in [3.05, 3.63) is 33.2 Å². The molecule has 0 fully saturated rings. The van der Waals surface area contributed by atoms with Gasteiger partial charge in [0, 0.05) is 11.4 Å². The normalized spacial score (nSPS) is 10.4. The molecule has 0 saturated carbocycles. The lowest BCUT2D eigenvalue weighted by Gasteiger charge is -2.05. The smallest absolute Gasteiger partial charge is 0.171 e. The van der Waals surface area contributed by atoms with Crippen molar-refractivity contribution in [1.82, 2.24) is 4.98 Å². The van der Waals surface area contributed by atoms with Crippen molar-refractivity contribution in [1.29, 1.82) is 0 Å². The molecule has 1 aromatic carbocycles. The van der Waals surface area contributed by atoms with E-state index in [9.17, 15) is 4.79 Å². The largest absolute Gasteiger partial charge is 0.496 e. The second kappa shape index (κ2) is 5.20. The molecule has 0 aliphatic carbocycles. The minimum atomic E-state index is 0.0465. The molecule has 0 amide bonds. The highest BCUT2D eigenvalue weighted by molar-refractivity contribution is 9.10. The van der Waals surface area contributed by atoms with Crippen LogP contribution in [0.25, 0.3) is 10.6 Å². The molecule has 0 saturated heterocycles. The third kappa shape index (κ3) is 2.47. The van der Waals surface area contributed by atoms with E-state index in [0.717, 1.165) is 26.5 Å². The molecule has 0 radical (unpaired) electrons. The Morgan fingerprint density at radius 2 is 2.17 bits per heavy atom. The van der Waals surface area contributed by atoms with E-state index in [4.69, 9.17) is 4.74 Å². The second-order valence-corrected chi connectivity index (χ2v) is 5.75. The van der Waals surface area contributed by atoms with Crippen LogP contribution in [-0.2, 0) is 0 Å². The molecule has 0 N–H and O–H groups in total. The number of carbonyl (C=O) groups is 1. The zero-order chi connectivity index (χ0) is 13.3. The van der Waals surface area contributed by atoms with Gasteiger partial charge in [0.05, 0.1) is 23.2 Å². The van der Waals surface area contributed by atoms with Gasteiger partial charge in [-0.05, 0) is 25.1 Å². The fourth-order valence-corrected chi connectivity index (χ4v) is 3.03. The number of rotatable bonds is 3. The summed E-state index contributed by atoms with van der Waals surface area (Å²) in [6.07, 6.45) is 0. The molecule has 0 spiro atoms. The van der Waals surface area contributed by atoms with E-state index < -0.39 is 0 Å². The van der Waals surface area contributed by atoms with Crippen molar-refractivity contribution in [2.45, 2.75) is 13.8 Å². The van der Waals surface area contributed by atoms with Crippen LogP contribution >= 0.6 is 27.3 Å². The van der Waals surface area contributed by atoms with Crippen LogP contribution in [0.4, 0.5) is 0 Å². The number of hydrogen-bond acceptors (Lipinski definition) is 4. The van der Waals surface area contributed by atoms with E-state index in [0.29, 0.717) is 4.88 Å². The first-order valence-corrected chi connectivity index (χ1v) is 6.96. The molecule has 0 aliphatic rings. The van der Waals surface area contributed by atoms with Gasteiger partial charge < -0.3 is 4.74 Å². The topological polar surface area (TPSA) is 39.2 Å². The first-order valence-electron chi connectivity index (χ1n) is 5.35. The Kier molecular flexibility index (Phi) is 3.82. The number of ketones is 1. The van der Waals surface area contributed by atoms with Crippen molar-refractivity contribution in [3.8, 4) is 16.3 Å². The van der Waals surface area contributed by atoms with Gasteiger partial charge in [-0.3, -0.25) is 4.79 Å². The molecular formula is C13H12BrNO2S. The number of thiazole rings is 1. The number of halogens is 1. The maximum Gasteiger partial charge on any atom is 0.171 e. The molecule has 0 bridgehead atoms. The fraction of sp³-hybridized carbons (Fsp3) is 0.231. The number of aromatic nitrogens is 1. The Morgan fingerprint density at radius 3 is 2.72 bits per heavy atom. The third-order valence-electron chi connectivity index (χ3n) is 2.51. The minimum Gasteiger partial charge on any atom is -0.496 e. The molecule has 3 nitrogen and oxygen atoms in total. The number of nitrogens with zero attached hydrogens (tertiary/aromatic N) is 1. The van der Waals surface area contributed by atoms with Crippen molar-refractivity contribution in [2.24, 2.45) is 0 Å². The summed E-state index contributed by atoms with van der Waals surface area (Å²) in [6, 6.07) is 5.74. The average molecular weight is 326 g/mol. The van der Waals surface area contributed by atoms with Gasteiger partial charge in [0.15, 0.2) is 5.78 Å². The molecule has 1 aromatic heterocycles. The first kappa shape index (κ1) is 13.2. The predicted octanol–water partition coefficient (Wildman–Crippen LogP) is 4.09. The highest BCUT2D eigenvalue weighted by atomic mass is 79.9. The minimum absolute atomic E-state index is 0.0465. The third-order valence-corrected chi connectivity index (χ3v) is 4.29. The molecule has 5 heteroatoms. The first-order chi connectivity index (χ1) is 8.52. The second-order valence-electron chi connectivity index (χ2n) is 3.83. The summed E-state index contributed by atoms with van der Waals surface area (Å²) in [4.78, 5) is 16.6. The monoisotopic (exact) mass is 325 g/mol. The van der Waals surface area contributed by atoms with Crippen LogP contribution in [0.1, 0.15) is 22.3 Å². The summed E-state index contributed by atoms with van der Waals surface area (Å²) >= 11 is 4.83. The fourth-order valence-electron chi connectivity index (χ4n) is 1.69. The van der Waals surface area contributed by atoms with Gasteiger partial charge >= 0.3 is 0 Å². The summed E-state index contributed by atoms with van der Waals surface area (Å²) in [5.41, 5.74) is 1.66. The molecule has 1 heterocycles. The van der Waals surface area contributed by atoms with Crippen molar-refractivity contribution in [2.75, 3.05) is 7.11 Å². The highest BCUT2D eigenvalue weighted by Crippen LogP contribution is 2.36. The lowest BCUT2D eigenvalue weighted by Crippen LogP contribution is -1.89. The standard InChI is InChI=1S/C13H12BrNO2S/c1-7-12(8(2)16)18-13(15-7)10-6-9(14)4-5-11(10)17-3/h4-6H,1-3H3. The lowest BCUT2D eigenvalue weighted by atomic mass is 10.2. The zero-order valence-corrected chi connectivity index (χ0v) is 12.7. The summed E-state index contributed by atoms with van der Waals surface area (Å²) in [7, 11) is 1.62. The van der Waals surface area contributed by atoms with Crippen LogP contribution in [-0.4, -0.2) is 17.9 Å². The number of benzene rings is 1. The van der Waals surface area contributed by atoms with E-state index in [2.05, 4.69) is 20.9 Å². The zero-order valence-electron chi connectivity index (χ0n) is 10.3. The van der Waals surface area contributed by atoms with Crippen LogP contribution in [0.3, 0.4) is 0 Å². The quantitative estimate of drug-likeness (QED) is 0.798. The molecular weight excluding hydrogens is 314 g/mol. The maximum atomic E-state index is 11.5. The number of hydrogen-bond donors (Lipinski definition) is 0. The van der Waals surface area contributed by atoms with Gasteiger partial charge in [-0.2, -0.15) is 0 Å². The predicted molar refractivity (Wildman–Crippen MR) is 76.5 cm³/mol. The molecule has 18 heavy (non-hydrogen) atoms. The van der Waals surface area contributed by atoms with Crippen molar-refractivity contribution >= 4 is 33.0 Å². The SMILES string of the molecule is COc1ccc(Br)cc1-c1nc(C)c(C(C)=O)s1. The van der Waals surface area contributed by atoms with Crippen LogP contribution in [0.5, 0.6) is 5.75 Å². The summed E-state index contributed by atoms with van der Waals surface area (Å²) in [6.45, 7) is 3.41. The molecule has 2 aromatic rings. The van der Waals surface area contributed by atoms with Gasteiger partial charge in [0.1, 0.15) is 10.8 Å². The molecule has 0 aliphatic heterocycles. The van der Waals surface area contributed by atoms with Crippen LogP contribution < -0.4 is 4.74 Å². The van der Waals surface area contributed by atoms with E-state index >= 15 is 0 Å². The lowest BCUT2D eigenvalue weighted by molar-refractivity contribution is 0.102. The molecule has 0 atom stereocenters. The number of Topliss-reactive ketones (excluding diaryl/α,β-unsaturated/α-hetero) is 1. The molecule has 2 rings (SSSR count). The number of aryl methyl sites for hydroxylation is 1. The Balaban J connectivity index is 2.58. The maximum absolute atomic E-state index is 11.5. The van der Waals surface area contributed by atoms with Crippen molar-refractivity contribution in [3.63, 3.8) is 0 Å². The highest BCUT2D eigenvalue weighted by Gasteiger charge is 2.15. The number of ether oxygens (including phenoxy) is 1. The Labute approximate surface area is 118 Å². The van der Waals surface area contributed by atoms with E-state index in [1.54, 1.807) is 14.0 Å². The van der Waals surface area contributed by atoms with Gasteiger partial charge in [-0.25, -0.2) is 4.98 Å². The van der Waals surface area contributed by atoms with Crippen molar-refractivity contribution < 1.29 is 9.53 Å². The number of carbonyl (C=O) groups excluding carboxylic acids is 1. The summed E-state index contributed by atoms with van der Waals surface area (Å²) < 4.78 is 6.28. The van der Waals surface area contributed by atoms with E-state index in [1.165, 1.54) is 11.3 Å². The Hall–Kier alpha value is -1.20. The Morgan fingerprint density at radius 1 is 1.44 bits per heavy atom.